The van der Waals surface area contributed by atoms with Gasteiger partial charge in [0.2, 0.25) is 0 Å². The molecule has 0 unspecified atom stereocenters. The maximum atomic E-state index is 11.3. The van der Waals surface area contributed by atoms with Crippen LogP contribution in [0.3, 0.4) is 0 Å². The fraction of sp³-hybridized carbons (Fsp3) is 0.533. The number of carbonyl (C=O) groups is 1. The molecule has 0 atom stereocenters. The Balaban J connectivity index is 1.95. The summed E-state index contributed by atoms with van der Waals surface area (Å²) in [6, 6.07) is 3.46. The highest BCUT2D eigenvalue weighted by molar-refractivity contribution is 9.10. The number of benzene rings is 1. The molecule has 0 radical (unpaired) electrons. The van der Waals surface area contributed by atoms with Crippen LogP contribution in [-0.2, 0) is 0 Å². The van der Waals surface area contributed by atoms with Crippen molar-refractivity contribution >= 4 is 21.9 Å². The number of hydrogen-bond acceptors (Lipinski definition) is 4. The zero-order valence-corrected chi connectivity index (χ0v) is 14.0. The van der Waals surface area contributed by atoms with E-state index in [1.54, 1.807) is 6.07 Å². The van der Waals surface area contributed by atoms with Gasteiger partial charge in [-0.05, 0) is 31.7 Å². The lowest BCUT2D eigenvalue weighted by atomic mass is 10.1. The van der Waals surface area contributed by atoms with Crippen molar-refractivity contribution in [3.8, 4) is 5.75 Å². The lowest BCUT2D eigenvalue weighted by Crippen LogP contribution is -2.45. The number of carboxylic acids is 1. The Labute approximate surface area is 133 Å². The van der Waals surface area contributed by atoms with Crippen LogP contribution in [0.2, 0.25) is 0 Å². The number of halogens is 1. The number of carboxylic acid groups (broad SMARTS) is 1. The first-order valence-corrected chi connectivity index (χ1v) is 7.84. The van der Waals surface area contributed by atoms with Crippen LogP contribution >= 0.6 is 15.9 Å². The Bertz CT molecular complexity index is 514. The zero-order chi connectivity index (χ0) is 15.4. The van der Waals surface area contributed by atoms with E-state index in [1.807, 2.05) is 13.0 Å². The van der Waals surface area contributed by atoms with Gasteiger partial charge in [0.15, 0.2) is 0 Å². The summed E-state index contributed by atoms with van der Waals surface area (Å²) in [5.74, 6) is -0.492. The Morgan fingerprint density at radius 2 is 2.00 bits per heavy atom. The van der Waals surface area contributed by atoms with Crippen molar-refractivity contribution < 1.29 is 14.6 Å². The summed E-state index contributed by atoms with van der Waals surface area (Å²) in [6.45, 7) is 7.39. The molecule has 0 bridgehead atoms. The van der Waals surface area contributed by atoms with Crippen LogP contribution in [0, 0.1) is 6.92 Å². The number of rotatable bonds is 5. The lowest BCUT2D eigenvalue weighted by Gasteiger charge is -2.32. The van der Waals surface area contributed by atoms with E-state index < -0.39 is 5.97 Å². The normalized spacial score (nSPS) is 16.9. The molecule has 21 heavy (non-hydrogen) atoms. The second kappa shape index (κ2) is 7.24. The van der Waals surface area contributed by atoms with Gasteiger partial charge < -0.3 is 14.7 Å². The number of piperazine rings is 1. The van der Waals surface area contributed by atoms with Crippen LogP contribution in [0.5, 0.6) is 5.75 Å². The molecule has 1 N–H and O–H groups in total. The first kappa shape index (κ1) is 16.3. The fourth-order valence-corrected chi connectivity index (χ4v) is 3.00. The van der Waals surface area contributed by atoms with Crippen molar-refractivity contribution in [3.63, 3.8) is 0 Å². The number of aromatic carboxylic acids is 1. The minimum absolute atomic E-state index is 0.209. The summed E-state index contributed by atoms with van der Waals surface area (Å²) in [6.07, 6.45) is 0. The number of ether oxygens (including phenoxy) is 1. The van der Waals surface area contributed by atoms with Gasteiger partial charge in [-0.15, -0.1) is 0 Å². The molecule has 1 heterocycles. The zero-order valence-electron chi connectivity index (χ0n) is 12.4. The van der Waals surface area contributed by atoms with Gasteiger partial charge in [0.25, 0.3) is 0 Å². The summed E-state index contributed by atoms with van der Waals surface area (Å²) in [4.78, 5) is 16.0. The predicted molar refractivity (Wildman–Crippen MR) is 85.3 cm³/mol. The van der Waals surface area contributed by atoms with E-state index in [1.165, 1.54) is 0 Å². The molecule has 1 aliphatic heterocycles. The summed E-state index contributed by atoms with van der Waals surface area (Å²) in [5.41, 5.74) is 1.04. The molecule has 0 amide bonds. The van der Waals surface area contributed by atoms with E-state index in [2.05, 4.69) is 32.8 Å². The molecule has 1 aromatic carbocycles. The van der Waals surface area contributed by atoms with E-state index in [0.29, 0.717) is 12.4 Å². The summed E-state index contributed by atoms with van der Waals surface area (Å²) in [7, 11) is 2.12. The van der Waals surface area contributed by atoms with E-state index in [-0.39, 0.29) is 5.56 Å². The van der Waals surface area contributed by atoms with E-state index >= 15 is 0 Å². The van der Waals surface area contributed by atoms with Crippen molar-refractivity contribution in [2.75, 3.05) is 46.4 Å². The smallest absolute Gasteiger partial charge is 0.339 e. The summed E-state index contributed by atoms with van der Waals surface area (Å²) in [5, 5.41) is 9.27. The molecule has 5 nitrogen and oxygen atoms in total. The third-order valence-corrected chi connectivity index (χ3v) is 4.18. The Morgan fingerprint density at radius 1 is 1.33 bits per heavy atom. The van der Waals surface area contributed by atoms with E-state index in [9.17, 15) is 9.90 Å². The lowest BCUT2D eigenvalue weighted by molar-refractivity contribution is 0.0690. The molecule has 2 rings (SSSR count). The Hall–Kier alpha value is -1.11. The molecule has 1 fully saturated rings. The van der Waals surface area contributed by atoms with Gasteiger partial charge in [0.1, 0.15) is 17.9 Å². The summed E-state index contributed by atoms with van der Waals surface area (Å²) < 4.78 is 6.51. The molecule has 0 aromatic heterocycles. The van der Waals surface area contributed by atoms with Gasteiger partial charge >= 0.3 is 5.97 Å². The van der Waals surface area contributed by atoms with Crippen molar-refractivity contribution in [3.05, 3.63) is 27.7 Å². The number of hydrogen-bond donors (Lipinski definition) is 1. The van der Waals surface area contributed by atoms with Crippen molar-refractivity contribution in [2.45, 2.75) is 6.92 Å². The highest BCUT2D eigenvalue weighted by Gasteiger charge is 2.17. The molecule has 0 spiro atoms. The molecular formula is C15H21BrN2O3. The Kier molecular flexibility index (Phi) is 5.61. The van der Waals surface area contributed by atoms with Gasteiger partial charge in [-0.1, -0.05) is 15.9 Å². The molecule has 0 aliphatic carbocycles. The fourth-order valence-electron chi connectivity index (χ4n) is 2.43. The second-order valence-corrected chi connectivity index (χ2v) is 6.31. The van der Waals surface area contributed by atoms with Crippen LogP contribution in [0.4, 0.5) is 0 Å². The first-order chi connectivity index (χ1) is 9.97. The van der Waals surface area contributed by atoms with Crippen molar-refractivity contribution in [2.24, 2.45) is 0 Å². The third-order valence-electron chi connectivity index (χ3n) is 3.72. The molecule has 116 valence electrons. The predicted octanol–water partition coefficient (Wildman–Crippen LogP) is 2.08. The maximum absolute atomic E-state index is 11.3. The monoisotopic (exact) mass is 356 g/mol. The van der Waals surface area contributed by atoms with Crippen LogP contribution in [0.1, 0.15) is 15.9 Å². The van der Waals surface area contributed by atoms with Gasteiger partial charge in [-0.3, -0.25) is 4.90 Å². The molecule has 1 aromatic rings. The average Bonchev–Trinajstić information content (AvgIpc) is 2.42. The average molecular weight is 357 g/mol. The largest absolute Gasteiger partial charge is 0.491 e. The number of likely N-dealkylation sites (N-methyl/N-ethyl adjacent to an activating group) is 1. The molecule has 0 saturated carbocycles. The number of aryl methyl sites for hydroxylation is 1. The highest BCUT2D eigenvalue weighted by Crippen LogP contribution is 2.28. The van der Waals surface area contributed by atoms with Crippen molar-refractivity contribution in [1.82, 2.24) is 9.80 Å². The standard InChI is InChI=1S/C15H21BrN2O3/c1-11-9-12(16)10-13(15(19)20)14(11)21-8-7-18-5-3-17(2)4-6-18/h9-10H,3-8H2,1-2H3,(H,19,20). The molecule has 1 saturated heterocycles. The molecule has 1 aliphatic rings. The summed E-state index contributed by atoms with van der Waals surface area (Å²) >= 11 is 3.32. The van der Waals surface area contributed by atoms with Gasteiger partial charge in [-0.2, -0.15) is 0 Å². The molecule has 6 heteroatoms. The van der Waals surface area contributed by atoms with E-state index in [4.69, 9.17) is 4.74 Å². The van der Waals surface area contributed by atoms with Crippen LogP contribution in [0.15, 0.2) is 16.6 Å². The Morgan fingerprint density at radius 3 is 2.62 bits per heavy atom. The van der Waals surface area contributed by atoms with Gasteiger partial charge in [-0.25, -0.2) is 4.79 Å². The second-order valence-electron chi connectivity index (χ2n) is 5.40. The quantitative estimate of drug-likeness (QED) is 0.875. The minimum atomic E-state index is -0.964. The van der Waals surface area contributed by atoms with Crippen LogP contribution in [-0.4, -0.2) is 67.3 Å². The molecular weight excluding hydrogens is 336 g/mol. The van der Waals surface area contributed by atoms with Gasteiger partial charge in [0.05, 0.1) is 0 Å². The van der Waals surface area contributed by atoms with Gasteiger partial charge in [0, 0.05) is 37.2 Å². The topological polar surface area (TPSA) is 53.0 Å². The highest BCUT2D eigenvalue weighted by atomic mass is 79.9. The van der Waals surface area contributed by atoms with E-state index in [0.717, 1.165) is 42.8 Å². The van der Waals surface area contributed by atoms with Crippen molar-refractivity contribution in [1.29, 1.82) is 0 Å². The third kappa shape index (κ3) is 4.43. The maximum Gasteiger partial charge on any atom is 0.339 e. The van der Waals surface area contributed by atoms with Crippen LogP contribution in [0.25, 0.3) is 0 Å². The first-order valence-electron chi connectivity index (χ1n) is 7.04. The number of nitrogens with zero attached hydrogens (tertiary/aromatic N) is 2. The SMILES string of the molecule is Cc1cc(Br)cc(C(=O)O)c1OCCN1CCN(C)CC1. The minimum Gasteiger partial charge on any atom is -0.491 e. The van der Waals surface area contributed by atoms with Crippen LogP contribution < -0.4 is 4.74 Å².